The monoisotopic (exact) mass is 332 g/mol. The number of carbonyl (C=O) groups excluding carboxylic acids is 1. The summed E-state index contributed by atoms with van der Waals surface area (Å²) in [5.41, 5.74) is 2.08. The number of carbonyl (C=O) groups is 1. The standard InChI is InChI=1S/C14H12N4O2S2/c1-7-3-2-4-8(5-7)9(19)6-22-14-15-10-11(17-14)16-13(21)18-12(10)20/h2-5H,6H2,1H3,(H3,15,16,17,18,20,21). The van der Waals surface area contributed by atoms with Crippen molar-refractivity contribution in [3.63, 3.8) is 0 Å². The van der Waals surface area contributed by atoms with Crippen molar-refractivity contribution in [2.45, 2.75) is 12.1 Å². The van der Waals surface area contributed by atoms with E-state index in [1.54, 1.807) is 6.07 Å². The fourth-order valence-corrected chi connectivity index (χ4v) is 2.97. The third-order valence-electron chi connectivity index (χ3n) is 3.05. The van der Waals surface area contributed by atoms with Gasteiger partial charge >= 0.3 is 0 Å². The summed E-state index contributed by atoms with van der Waals surface area (Å²) in [6, 6.07) is 7.44. The molecule has 2 heterocycles. The number of hydrogen-bond donors (Lipinski definition) is 3. The molecule has 0 spiro atoms. The van der Waals surface area contributed by atoms with Gasteiger partial charge < -0.3 is 9.97 Å². The van der Waals surface area contributed by atoms with Gasteiger partial charge in [-0.2, -0.15) is 0 Å². The van der Waals surface area contributed by atoms with Crippen molar-refractivity contribution < 1.29 is 4.79 Å². The number of aromatic amines is 3. The van der Waals surface area contributed by atoms with E-state index >= 15 is 0 Å². The molecule has 3 aromatic rings. The van der Waals surface area contributed by atoms with E-state index in [2.05, 4.69) is 19.9 Å². The molecule has 0 saturated heterocycles. The van der Waals surface area contributed by atoms with Crippen LogP contribution in [0.5, 0.6) is 0 Å². The van der Waals surface area contributed by atoms with Crippen LogP contribution in [0.25, 0.3) is 11.2 Å². The molecule has 112 valence electrons. The van der Waals surface area contributed by atoms with Gasteiger partial charge in [-0.25, -0.2) is 4.98 Å². The molecule has 0 aliphatic heterocycles. The van der Waals surface area contributed by atoms with Crippen molar-refractivity contribution >= 4 is 40.9 Å². The molecule has 0 atom stereocenters. The molecule has 6 nitrogen and oxygen atoms in total. The number of nitrogens with zero attached hydrogens (tertiary/aromatic N) is 1. The molecule has 3 rings (SSSR count). The van der Waals surface area contributed by atoms with Crippen LogP contribution >= 0.6 is 24.0 Å². The first kappa shape index (κ1) is 14.7. The van der Waals surface area contributed by atoms with Gasteiger partial charge in [0, 0.05) is 5.56 Å². The van der Waals surface area contributed by atoms with Crippen LogP contribution in [0.1, 0.15) is 15.9 Å². The van der Waals surface area contributed by atoms with E-state index in [9.17, 15) is 9.59 Å². The van der Waals surface area contributed by atoms with Gasteiger partial charge in [0.15, 0.2) is 21.4 Å². The fourth-order valence-electron chi connectivity index (χ4n) is 2.01. The van der Waals surface area contributed by atoms with Crippen LogP contribution in [-0.2, 0) is 0 Å². The number of fused-ring (bicyclic) bond motifs is 1. The predicted molar refractivity (Wildman–Crippen MR) is 88.1 cm³/mol. The first-order chi connectivity index (χ1) is 10.5. The maximum atomic E-state index is 12.2. The van der Waals surface area contributed by atoms with E-state index in [0.29, 0.717) is 21.9 Å². The Morgan fingerprint density at radius 3 is 2.91 bits per heavy atom. The Hall–Kier alpha value is -2.19. The maximum absolute atomic E-state index is 12.2. The van der Waals surface area contributed by atoms with Gasteiger partial charge in [0.2, 0.25) is 0 Å². The Kier molecular flexibility index (Phi) is 3.95. The number of aromatic nitrogens is 4. The Morgan fingerprint density at radius 1 is 1.32 bits per heavy atom. The molecule has 8 heteroatoms. The van der Waals surface area contributed by atoms with Gasteiger partial charge in [-0.3, -0.25) is 14.6 Å². The molecule has 0 amide bonds. The van der Waals surface area contributed by atoms with Gasteiger partial charge in [0.25, 0.3) is 5.56 Å². The van der Waals surface area contributed by atoms with Crippen molar-refractivity contribution in [1.29, 1.82) is 0 Å². The zero-order chi connectivity index (χ0) is 15.7. The molecule has 0 bridgehead atoms. The summed E-state index contributed by atoms with van der Waals surface area (Å²) in [6.45, 7) is 1.94. The first-order valence-corrected chi connectivity index (χ1v) is 7.87. The van der Waals surface area contributed by atoms with E-state index in [0.717, 1.165) is 5.56 Å². The zero-order valence-electron chi connectivity index (χ0n) is 11.6. The van der Waals surface area contributed by atoms with Crippen LogP contribution in [-0.4, -0.2) is 31.5 Å². The van der Waals surface area contributed by atoms with E-state index < -0.39 is 0 Å². The third kappa shape index (κ3) is 3.02. The van der Waals surface area contributed by atoms with E-state index in [1.807, 2.05) is 25.1 Å². The Bertz CT molecular complexity index is 971. The lowest BCUT2D eigenvalue weighted by molar-refractivity contribution is 0.102. The highest BCUT2D eigenvalue weighted by Crippen LogP contribution is 2.18. The van der Waals surface area contributed by atoms with E-state index in [4.69, 9.17) is 12.2 Å². The lowest BCUT2D eigenvalue weighted by Crippen LogP contribution is -2.07. The highest BCUT2D eigenvalue weighted by atomic mass is 32.2. The SMILES string of the molecule is Cc1cccc(C(=O)CSc2nc3[nH]c(=S)[nH]c(=O)c3[nH]2)c1. The van der Waals surface area contributed by atoms with Crippen molar-refractivity contribution in [3.05, 3.63) is 50.5 Å². The Balaban J connectivity index is 1.79. The number of hydrogen-bond acceptors (Lipinski definition) is 5. The normalized spacial score (nSPS) is 11.0. The number of nitrogens with one attached hydrogen (secondary N) is 3. The summed E-state index contributed by atoms with van der Waals surface area (Å²) in [5.74, 6) is 0.248. The van der Waals surface area contributed by atoms with Crippen molar-refractivity contribution in [2.75, 3.05) is 5.75 Å². The molecule has 0 radical (unpaired) electrons. The molecular formula is C14H12N4O2S2. The average Bonchev–Trinajstić information content (AvgIpc) is 2.88. The largest absolute Gasteiger partial charge is 0.327 e. The molecule has 0 aliphatic rings. The van der Waals surface area contributed by atoms with Crippen LogP contribution in [0.2, 0.25) is 0 Å². The molecule has 0 unspecified atom stereocenters. The Labute approximate surface area is 134 Å². The minimum absolute atomic E-state index is 0.0102. The average molecular weight is 332 g/mol. The highest BCUT2D eigenvalue weighted by Gasteiger charge is 2.11. The smallest absolute Gasteiger partial charge is 0.277 e. The number of rotatable bonds is 4. The van der Waals surface area contributed by atoms with Gasteiger partial charge in [0.1, 0.15) is 5.52 Å². The summed E-state index contributed by atoms with van der Waals surface area (Å²) in [7, 11) is 0. The summed E-state index contributed by atoms with van der Waals surface area (Å²) in [4.78, 5) is 36.3. The summed E-state index contributed by atoms with van der Waals surface area (Å²) in [5, 5.41) is 0.498. The second kappa shape index (κ2) is 5.90. The number of Topliss-reactive ketones (excluding diaryl/α,β-unsaturated/α-hetero) is 1. The molecule has 2 aromatic heterocycles. The molecule has 1 aromatic carbocycles. The first-order valence-electron chi connectivity index (χ1n) is 6.48. The minimum Gasteiger partial charge on any atom is -0.327 e. The van der Waals surface area contributed by atoms with Crippen LogP contribution < -0.4 is 5.56 Å². The second-order valence-electron chi connectivity index (χ2n) is 4.76. The number of thioether (sulfide) groups is 1. The number of aryl methyl sites for hydroxylation is 1. The summed E-state index contributed by atoms with van der Waals surface area (Å²) in [6.07, 6.45) is 0. The summed E-state index contributed by atoms with van der Waals surface area (Å²) >= 11 is 6.14. The van der Waals surface area contributed by atoms with Crippen molar-refractivity contribution in [1.82, 2.24) is 19.9 Å². The fraction of sp³-hybridized carbons (Fsp3) is 0.143. The lowest BCUT2D eigenvalue weighted by atomic mass is 10.1. The van der Waals surface area contributed by atoms with Gasteiger partial charge in [-0.1, -0.05) is 35.5 Å². The summed E-state index contributed by atoms with van der Waals surface area (Å²) < 4.78 is 0.219. The molecule has 0 aliphatic carbocycles. The number of H-pyrrole nitrogens is 3. The maximum Gasteiger partial charge on any atom is 0.277 e. The van der Waals surface area contributed by atoms with Crippen LogP contribution in [0.4, 0.5) is 0 Å². The lowest BCUT2D eigenvalue weighted by Gasteiger charge is -2.00. The molecular weight excluding hydrogens is 320 g/mol. The zero-order valence-corrected chi connectivity index (χ0v) is 13.2. The molecule has 22 heavy (non-hydrogen) atoms. The van der Waals surface area contributed by atoms with E-state index in [-0.39, 0.29) is 21.9 Å². The molecule has 0 saturated carbocycles. The Morgan fingerprint density at radius 2 is 2.14 bits per heavy atom. The molecule has 3 N–H and O–H groups in total. The third-order valence-corrected chi connectivity index (χ3v) is 4.13. The minimum atomic E-state index is -0.330. The van der Waals surface area contributed by atoms with Crippen molar-refractivity contribution in [2.24, 2.45) is 0 Å². The van der Waals surface area contributed by atoms with Crippen molar-refractivity contribution in [3.8, 4) is 0 Å². The quantitative estimate of drug-likeness (QED) is 0.388. The van der Waals surface area contributed by atoms with Crippen LogP contribution in [0.15, 0.2) is 34.2 Å². The second-order valence-corrected chi connectivity index (χ2v) is 6.13. The van der Waals surface area contributed by atoms with Gasteiger partial charge in [-0.15, -0.1) is 0 Å². The highest BCUT2D eigenvalue weighted by molar-refractivity contribution is 7.99. The topological polar surface area (TPSA) is 94.4 Å². The number of benzene rings is 1. The number of imidazole rings is 1. The molecule has 0 fully saturated rings. The number of ketones is 1. The van der Waals surface area contributed by atoms with Crippen LogP contribution in [0, 0.1) is 11.7 Å². The van der Waals surface area contributed by atoms with Gasteiger partial charge in [-0.05, 0) is 25.2 Å². The van der Waals surface area contributed by atoms with Crippen LogP contribution in [0.3, 0.4) is 0 Å². The van der Waals surface area contributed by atoms with E-state index in [1.165, 1.54) is 11.8 Å². The predicted octanol–water partition coefficient (Wildman–Crippen LogP) is 2.59. The van der Waals surface area contributed by atoms with Gasteiger partial charge in [0.05, 0.1) is 5.75 Å².